The lowest BCUT2D eigenvalue weighted by Crippen LogP contribution is -2.31. The number of nitrogens with one attached hydrogen (secondary N) is 1. The number of aliphatic hydroxyl groups is 1. The lowest BCUT2D eigenvalue weighted by Gasteiger charge is -2.12. The molecule has 4 heteroatoms. The summed E-state index contributed by atoms with van der Waals surface area (Å²) in [6.45, 7) is 4.21. The summed E-state index contributed by atoms with van der Waals surface area (Å²) in [6.07, 6.45) is 2.77. The SMILES string of the molecule is CC(C)CC(O)CNC(=O)/C=C/c1ccccc1F. The van der Waals surface area contributed by atoms with Crippen molar-refractivity contribution in [2.45, 2.75) is 26.4 Å². The largest absolute Gasteiger partial charge is 0.391 e. The average molecular weight is 265 g/mol. The lowest BCUT2D eigenvalue weighted by atomic mass is 10.1. The standard InChI is InChI=1S/C15H20FNO2/c1-11(2)9-13(18)10-17-15(19)8-7-12-5-3-4-6-14(12)16/h3-8,11,13,18H,9-10H2,1-2H3,(H,17,19)/b8-7+. The van der Waals surface area contributed by atoms with E-state index in [2.05, 4.69) is 5.32 Å². The normalized spacial score (nSPS) is 12.9. The fraction of sp³-hybridized carbons (Fsp3) is 0.400. The number of aliphatic hydroxyl groups excluding tert-OH is 1. The Balaban J connectivity index is 2.41. The van der Waals surface area contributed by atoms with E-state index in [1.165, 1.54) is 18.2 Å². The smallest absolute Gasteiger partial charge is 0.244 e. The van der Waals surface area contributed by atoms with Crippen molar-refractivity contribution in [3.8, 4) is 0 Å². The Morgan fingerprint density at radius 2 is 2.11 bits per heavy atom. The number of amides is 1. The predicted octanol–water partition coefficient (Wildman–Crippen LogP) is 2.36. The molecule has 0 saturated heterocycles. The van der Waals surface area contributed by atoms with Crippen molar-refractivity contribution in [1.82, 2.24) is 5.32 Å². The molecule has 0 bridgehead atoms. The van der Waals surface area contributed by atoms with Crippen molar-refractivity contribution in [2.75, 3.05) is 6.54 Å². The van der Waals surface area contributed by atoms with Crippen molar-refractivity contribution >= 4 is 12.0 Å². The van der Waals surface area contributed by atoms with Crippen LogP contribution in [0.2, 0.25) is 0 Å². The molecular weight excluding hydrogens is 245 g/mol. The topological polar surface area (TPSA) is 49.3 Å². The summed E-state index contributed by atoms with van der Waals surface area (Å²) in [5.41, 5.74) is 0.361. The van der Waals surface area contributed by atoms with E-state index < -0.39 is 6.10 Å². The van der Waals surface area contributed by atoms with Crippen LogP contribution in [0.5, 0.6) is 0 Å². The van der Waals surface area contributed by atoms with Crippen molar-refractivity contribution in [3.05, 3.63) is 41.7 Å². The summed E-state index contributed by atoms with van der Waals surface area (Å²) in [7, 11) is 0. The zero-order chi connectivity index (χ0) is 14.3. The van der Waals surface area contributed by atoms with Gasteiger partial charge in [-0.05, 0) is 24.5 Å². The van der Waals surface area contributed by atoms with Crippen LogP contribution >= 0.6 is 0 Å². The molecule has 0 aliphatic heterocycles. The third kappa shape index (κ3) is 6.15. The molecule has 1 aromatic rings. The van der Waals surface area contributed by atoms with E-state index in [0.29, 0.717) is 17.9 Å². The van der Waals surface area contributed by atoms with E-state index in [-0.39, 0.29) is 18.3 Å². The third-order valence-electron chi connectivity index (χ3n) is 2.57. The van der Waals surface area contributed by atoms with Crippen molar-refractivity contribution in [2.24, 2.45) is 5.92 Å². The van der Waals surface area contributed by atoms with Gasteiger partial charge in [-0.1, -0.05) is 32.0 Å². The molecule has 2 N–H and O–H groups in total. The first-order chi connectivity index (χ1) is 8.99. The predicted molar refractivity (Wildman–Crippen MR) is 73.9 cm³/mol. The Hall–Kier alpha value is -1.68. The van der Waals surface area contributed by atoms with E-state index >= 15 is 0 Å². The van der Waals surface area contributed by atoms with Gasteiger partial charge in [0.15, 0.2) is 0 Å². The third-order valence-corrected chi connectivity index (χ3v) is 2.57. The summed E-state index contributed by atoms with van der Waals surface area (Å²) in [6, 6.07) is 6.22. The fourth-order valence-electron chi connectivity index (χ4n) is 1.68. The minimum absolute atomic E-state index is 0.207. The summed E-state index contributed by atoms with van der Waals surface area (Å²) < 4.78 is 13.3. The van der Waals surface area contributed by atoms with Gasteiger partial charge in [-0.25, -0.2) is 4.39 Å². The molecule has 0 saturated carbocycles. The highest BCUT2D eigenvalue weighted by molar-refractivity contribution is 5.91. The highest BCUT2D eigenvalue weighted by Crippen LogP contribution is 2.08. The van der Waals surface area contributed by atoms with Crippen LogP contribution in [0.1, 0.15) is 25.8 Å². The van der Waals surface area contributed by atoms with Crippen LogP contribution in [0, 0.1) is 11.7 Å². The Kier molecular flexibility index (Phi) is 6.22. The van der Waals surface area contributed by atoms with Gasteiger partial charge in [0.05, 0.1) is 6.10 Å². The van der Waals surface area contributed by atoms with Gasteiger partial charge in [-0.15, -0.1) is 0 Å². The van der Waals surface area contributed by atoms with Crippen LogP contribution < -0.4 is 5.32 Å². The molecule has 19 heavy (non-hydrogen) atoms. The van der Waals surface area contributed by atoms with Crippen molar-refractivity contribution in [1.29, 1.82) is 0 Å². The molecule has 0 radical (unpaired) electrons. The highest BCUT2D eigenvalue weighted by atomic mass is 19.1. The molecule has 0 aromatic heterocycles. The number of hydrogen-bond acceptors (Lipinski definition) is 2. The van der Waals surface area contributed by atoms with Gasteiger partial charge in [0, 0.05) is 18.2 Å². The van der Waals surface area contributed by atoms with Gasteiger partial charge in [0.25, 0.3) is 0 Å². The van der Waals surface area contributed by atoms with E-state index in [1.807, 2.05) is 13.8 Å². The zero-order valence-electron chi connectivity index (χ0n) is 11.3. The Morgan fingerprint density at radius 1 is 1.42 bits per heavy atom. The molecule has 0 aliphatic rings. The van der Waals surface area contributed by atoms with Crippen LogP contribution in [0.25, 0.3) is 6.08 Å². The van der Waals surface area contributed by atoms with Crippen LogP contribution in [-0.2, 0) is 4.79 Å². The first-order valence-corrected chi connectivity index (χ1v) is 6.37. The number of carbonyl (C=O) groups is 1. The van der Waals surface area contributed by atoms with Crippen molar-refractivity contribution in [3.63, 3.8) is 0 Å². The molecule has 0 aliphatic carbocycles. The molecule has 0 spiro atoms. The number of hydrogen-bond donors (Lipinski definition) is 2. The Bertz CT molecular complexity index is 444. The number of benzene rings is 1. The van der Waals surface area contributed by atoms with E-state index in [1.54, 1.807) is 18.2 Å². The maximum absolute atomic E-state index is 13.3. The van der Waals surface area contributed by atoms with Crippen LogP contribution in [0.15, 0.2) is 30.3 Å². The molecule has 104 valence electrons. The van der Waals surface area contributed by atoms with Crippen molar-refractivity contribution < 1.29 is 14.3 Å². The summed E-state index contributed by atoms with van der Waals surface area (Å²) >= 11 is 0. The van der Waals surface area contributed by atoms with Gasteiger partial charge in [0.2, 0.25) is 5.91 Å². The Labute approximate surface area is 113 Å². The zero-order valence-corrected chi connectivity index (χ0v) is 11.3. The van der Waals surface area contributed by atoms with Gasteiger partial charge in [0.1, 0.15) is 5.82 Å². The Morgan fingerprint density at radius 3 is 2.74 bits per heavy atom. The summed E-state index contributed by atoms with van der Waals surface area (Å²) in [5, 5.41) is 12.2. The number of halogens is 1. The fourth-order valence-corrected chi connectivity index (χ4v) is 1.68. The molecule has 3 nitrogen and oxygen atoms in total. The minimum atomic E-state index is -0.550. The van der Waals surface area contributed by atoms with Crippen LogP contribution in [0.4, 0.5) is 4.39 Å². The lowest BCUT2D eigenvalue weighted by molar-refractivity contribution is -0.116. The molecule has 1 aromatic carbocycles. The molecule has 1 atom stereocenters. The van der Waals surface area contributed by atoms with Gasteiger partial charge in [-0.2, -0.15) is 0 Å². The molecule has 1 unspecified atom stereocenters. The molecule has 1 amide bonds. The number of carbonyl (C=O) groups excluding carboxylic acids is 1. The van der Waals surface area contributed by atoms with Gasteiger partial charge < -0.3 is 10.4 Å². The molecule has 0 heterocycles. The quantitative estimate of drug-likeness (QED) is 0.776. The van der Waals surface area contributed by atoms with E-state index in [9.17, 15) is 14.3 Å². The maximum atomic E-state index is 13.3. The van der Waals surface area contributed by atoms with E-state index in [0.717, 1.165) is 0 Å². The van der Waals surface area contributed by atoms with Gasteiger partial charge in [-0.3, -0.25) is 4.79 Å². The number of rotatable bonds is 6. The second-order valence-corrected chi connectivity index (χ2v) is 4.88. The van der Waals surface area contributed by atoms with Crippen LogP contribution in [0.3, 0.4) is 0 Å². The first-order valence-electron chi connectivity index (χ1n) is 6.37. The monoisotopic (exact) mass is 265 g/mol. The molecule has 0 fully saturated rings. The first kappa shape index (κ1) is 15.4. The highest BCUT2D eigenvalue weighted by Gasteiger charge is 2.07. The van der Waals surface area contributed by atoms with Crippen LogP contribution in [-0.4, -0.2) is 23.7 Å². The second kappa shape index (κ2) is 7.69. The minimum Gasteiger partial charge on any atom is -0.391 e. The molecular formula is C15H20FNO2. The average Bonchev–Trinajstić information content (AvgIpc) is 2.34. The second-order valence-electron chi connectivity index (χ2n) is 4.88. The summed E-state index contributed by atoms with van der Waals surface area (Å²) in [4.78, 5) is 11.5. The van der Waals surface area contributed by atoms with Gasteiger partial charge >= 0.3 is 0 Å². The summed E-state index contributed by atoms with van der Waals surface area (Å²) in [5.74, 6) is -0.335. The maximum Gasteiger partial charge on any atom is 0.244 e. The van der Waals surface area contributed by atoms with E-state index in [4.69, 9.17) is 0 Å². The molecule has 1 rings (SSSR count).